The average Bonchev–Trinajstić information content (AvgIpc) is 3.09. The Kier molecular flexibility index (Phi) is 11.9. The molecule has 2 aliphatic rings. The number of likely N-dealkylation sites (tertiary alicyclic amines) is 1. The van der Waals surface area contributed by atoms with Gasteiger partial charge in [-0.1, -0.05) is 66.2 Å². The largest absolute Gasteiger partial charge is 0.465 e. The van der Waals surface area contributed by atoms with E-state index in [1.807, 2.05) is 75.4 Å². The summed E-state index contributed by atoms with van der Waals surface area (Å²) in [5.74, 6) is -0.493. The van der Waals surface area contributed by atoms with Crippen molar-refractivity contribution in [1.82, 2.24) is 20.4 Å². The van der Waals surface area contributed by atoms with Gasteiger partial charge in [-0.3, -0.25) is 14.5 Å². The van der Waals surface area contributed by atoms with Crippen LogP contribution < -0.4 is 16.0 Å². The van der Waals surface area contributed by atoms with E-state index in [0.717, 1.165) is 45.7 Å². The molecule has 0 radical (unpaired) electrons. The SMILES string of the molecule is CC(C)(C)OC(=O)NCCNc1ccccc1C1CCN(C(=O)[C@@H](Cc2ccc(Cl)cc2)NC(=O)[C@@H]2Cc3ccccc3CN2C(=O)O)CC1. The van der Waals surface area contributed by atoms with Gasteiger partial charge < -0.3 is 30.7 Å². The average molecular weight is 704 g/mol. The fourth-order valence-corrected chi connectivity index (χ4v) is 6.73. The minimum atomic E-state index is -1.18. The zero-order valence-electron chi connectivity index (χ0n) is 28.8. The summed E-state index contributed by atoms with van der Waals surface area (Å²) in [5.41, 5.74) is 4.17. The summed E-state index contributed by atoms with van der Waals surface area (Å²) in [5, 5.41) is 19.7. The van der Waals surface area contributed by atoms with E-state index < -0.39 is 35.8 Å². The van der Waals surface area contributed by atoms with Crippen LogP contribution in [0.2, 0.25) is 5.02 Å². The Labute approximate surface area is 298 Å². The molecule has 12 heteroatoms. The summed E-state index contributed by atoms with van der Waals surface area (Å²) in [6.45, 7) is 7.49. The van der Waals surface area contributed by atoms with Crippen LogP contribution in [0.4, 0.5) is 15.3 Å². The van der Waals surface area contributed by atoms with Crippen LogP contribution in [-0.2, 0) is 33.7 Å². The number of fused-ring (bicyclic) bond motifs is 1. The second-order valence-corrected chi connectivity index (χ2v) is 14.3. The molecule has 4 N–H and O–H groups in total. The number of carbonyl (C=O) groups is 4. The number of rotatable bonds is 10. The van der Waals surface area contributed by atoms with Crippen LogP contribution in [0.3, 0.4) is 0 Å². The van der Waals surface area contributed by atoms with Crippen molar-refractivity contribution in [2.45, 2.75) is 76.6 Å². The molecule has 0 aromatic heterocycles. The van der Waals surface area contributed by atoms with Crippen molar-refractivity contribution in [3.05, 3.63) is 100 Å². The van der Waals surface area contributed by atoms with Crippen LogP contribution in [0.1, 0.15) is 61.8 Å². The Bertz CT molecular complexity index is 1670. The number of carbonyl (C=O) groups excluding carboxylic acids is 3. The Morgan fingerprint density at radius 3 is 2.26 bits per heavy atom. The standard InChI is InChI=1S/C38H46ClN5O6/c1-38(2,3)50-36(47)41-19-18-40-31-11-7-6-10-30(31)26-16-20-43(21-17-26)35(46)32(22-25-12-14-29(39)15-13-25)42-34(45)33-23-27-8-4-5-9-28(27)24-44(33)37(48)49/h4-15,26,32-33,40H,16-24H2,1-3H3,(H,41,47)(H,42,45)(H,48,49)/t32-,33+/m1/s1. The zero-order valence-corrected chi connectivity index (χ0v) is 29.5. The molecular formula is C38H46ClN5O6. The lowest BCUT2D eigenvalue weighted by molar-refractivity contribution is -0.138. The first-order chi connectivity index (χ1) is 23.9. The number of carboxylic acid groups (broad SMARTS) is 1. The highest BCUT2D eigenvalue weighted by molar-refractivity contribution is 6.30. The van der Waals surface area contributed by atoms with Crippen LogP contribution in [0.25, 0.3) is 0 Å². The van der Waals surface area contributed by atoms with Gasteiger partial charge in [0.05, 0.1) is 6.54 Å². The van der Waals surface area contributed by atoms with E-state index in [2.05, 4.69) is 22.0 Å². The molecule has 1 fully saturated rings. The fraction of sp³-hybridized carbons (Fsp3) is 0.421. The number of halogens is 1. The van der Waals surface area contributed by atoms with Crippen molar-refractivity contribution in [3.8, 4) is 0 Å². The van der Waals surface area contributed by atoms with Crippen molar-refractivity contribution < 1.29 is 29.0 Å². The van der Waals surface area contributed by atoms with Crippen LogP contribution in [0.15, 0.2) is 72.8 Å². The van der Waals surface area contributed by atoms with Gasteiger partial charge in [-0.05, 0) is 80.0 Å². The Balaban J connectivity index is 1.24. The smallest absolute Gasteiger partial charge is 0.408 e. The van der Waals surface area contributed by atoms with Gasteiger partial charge in [-0.25, -0.2) is 9.59 Å². The first kappa shape index (κ1) is 36.5. The third-order valence-corrected chi connectivity index (χ3v) is 9.33. The monoisotopic (exact) mass is 703 g/mol. The molecule has 5 rings (SSSR count). The van der Waals surface area contributed by atoms with E-state index in [-0.39, 0.29) is 31.2 Å². The van der Waals surface area contributed by atoms with Crippen molar-refractivity contribution in [1.29, 1.82) is 0 Å². The van der Waals surface area contributed by atoms with Gasteiger partial charge in [0.2, 0.25) is 11.8 Å². The number of piperidine rings is 1. The van der Waals surface area contributed by atoms with Gasteiger partial charge in [0.15, 0.2) is 0 Å². The van der Waals surface area contributed by atoms with Gasteiger partial charge in [-0.2, -0.15) is 0 Å². The normalized spacial score (nSPS) is 16.9. The molecule has 266 valence electrons. The molecule has 0 spiro atoms. The number of ether oxygens (including phenoxy) is 1. The summed E-state index contributed by atoms with van der Waals surface area (Å²) >= 11 is 6.12. The number of alkyl carbamates (subject to hydrolysis) is 1. The van der Waals surface area contributed by atoms with Gasteiger partial charge in [0.25, 0.3) is 0 Å². The van der Waals surface area contributed by atoms with Crippen molar-refractivity contribution >= 4 is 41.3 Å². The molecule has 2 aliphatic heterocycles. The number of benzene rings is 3. The zero-order chi connectivity index (χ0) is 35.8. The number of hydrogen-bond acceptors (Lipinski definition) is 6. The number of nitrogens with zero attached hydrogens (tertiary/aromatic N) is 2. The number of para-hydroxylation sites is 1. The number of anilines is 1. The topological polar surface area (TPSA) is 140 Å². The summed E-state index contributed by atoms with van der Waals surface area (Å²) < 4.78 is 5.31. The van der Waals surface area contributed by atoms with Gasteiger partial charge >= 0.3 is 12.2 Å². The van der Waals surface area contributed by atoms with Crippen LogP contribution in [0, 0.1) is 0 Å². The summed E-state index contributed by atoms with van der Waals surface area (Å²) in [4.78, 5) is 55.1. The molecule has 0 unspecified atom stereocenters. The minimum absolute atomic E-state index is 0.101. The second-order valence-electron chi connectivity index (χ2n) is 13.8. The second kappa shape index (κ2) is 16.3. The highest BCUT2D eigenvalue weighted by atomic mass is 35.5. The molecule has 2 heterocycles. The molecular weight excluding hydrogens is 658 g/mol. The first-order valence-electron chi connectivity index (χ1n) is 17.1. The quantitative estimate of drug-likeness (QED) is 0.195. The Morgan fingerprint density at radius 1 is 0.920 bits per heavy atom. The summed E-state index contributed by atoms with van der Waals surface area (Å²) in [7, 11) is 0. The lowest BCUT2D eigenvalue weighted by atomic mass is 9.88. The fourth-order valence-electron chi connectivity index (χ4n) is 6.60. The minimum Gasteiger partial charge on any atom is -0.465 e. The predicted molar refractivity (Wildman–Crippen MR) is 192 cm³/mol. The maximum atomic E-state index is 14.1. The van der Waals surface area contributed by atoms with Crippen molar-refractivity contribution in [2.75, 3.05) is 31.5 Å². The molecule has 11 nitrogen and oxygen atoms in total. The molecule has 50 heavy (non-hydrogen) atoms. The summed E-state index contributed by atoms with van der Waals surface area (Å²) in [6.07, 6.45) is 0.284. The van der Waals surface area contributed by atoms with E-state index in [4.69, 9.17) is 16.3 Å². The first-order valence-corrected chi connectivity index (χ1v) is 17.5. The van der Waals surface area contributed by atoms with Gasteiger partial charge in [0.1, 0.15) is 17.7 Å². The van der Waals surface area contributed by atoms with Crippen LogP contribution in [-0.4, -0.2) is 82.8 Å². The molecule has 2 atom stereocenters. The maximum absolute atomic E-state index is 14.1. The van der Waals surface area contributed by atoms with E-state index in [0.29, 0.717) is 31.2 Å². The van der Waals surface area contributed by atoms with E-state index in [9.17, 15) is 24.3 Å². The van der Waals surface area contributed by atoms with Crippen molar-refractivity contribution in [3.63, 3.8) is 0 Å². The Morgan fingerprint density at radius 2 is 1.58 bits per heavy atom. The summed E-state index contributed by atoms with van der Waals surface area (Å²) in [6, 6.07) is 20.9. The molecule has 3 aromatic carbocycles. The van der Waals surface area contributed by atoms with E-state index in [1.54, 1.807) is 17.0 Å². The number of hydrogen-bond donors (Lipinski definition) is 4. The molecule has 0 aliphatic carbocycles. The molecule has 1 saturated heterocycles. The van der Waals surface area contributed by atoms with E-state index in [1.165, 1.54) is 0 Å². The highest BCUT2D eigenvalue weighted by Gasteiger charge is 2.37. The molecule has 4 amide bonds. The molecule has 3 aromatic rings. The third-order valence-electron chi connectivity index (χ3n) is 9.08. The van der Waals surface area contributed by atoms with E-state index >= 15 is 0 Å². The Hall–Kier alpha value is -4.77. The molecule has 0 bridgehead atoms. The number of amides is 4. The van der Waals surface area contributed by atoms with Gasteiger partial charge in [0, 0.05) is 49.7 Å². The predicted octanol–water partition coefficient (Wildman–Crippen LogP) is 5.82. The lowest BCUT2D eigenvalue weighted by Crippen LogP contribution is -2.58. The lowest BCUT2D eigenvalue weighted by Gasteiger charge is -2.37. The molecule has 0 saturated carbocycles. The van der Waals surface area contributed by atoms with Gasteiger partial charge in [-0.15, -0.1) is 0 Å². The van der Waals surface area contributed by atoms with Crippen molar-refractivity contribution in [2.24, 2.45) is 0 Å². The maximum Gasteiger partial charge on any atom is 0.408 e. The highest BCUT2D eigenvalue weighted by Crippen LogP contribution is 2.33. The third kappa shape index (κ3) is 9.68. The van der Waals surface area contributed by atoms with Crippen LogP contribution >= 0.6 is 11.6 Å². The number of nitrogens with one attached hydrogen (secondary N) is 3. The van der Waals surface area contributed by atoms with Crippen LogP contribution in [0.5, 0.6) is 0 Å².